The second kappa shape index (κ2) is 9.58. The molecule has 3 heterocycles. The standard InChI is InChI=1S/C21H33N5O3S/c1-3-29-19(28)17-6-4-5-11-25(17)18(27)14-30-21-23-22-20(26(21)16-7-8-16)24-12-9-15(2)10-13-24/h15-17H,3-14H2,1-2H3/t17-/m0/s1. The average Bonchev–Trinajstić information content (AvgIpc) is 3.52. The van der Waals surface area contributed by atoms with Crippen molar-refractivity contribution < 1.29 is 14.3 Å². The van der Waals surface area contributed by atoms with Gasteiger partial charge in [0.1, 0.15) is 6.04 Å². The van der Waals surface area contributed by atoms with Crippen LogP contribution in [0, 0.1) is 5.92 Å². The van der Waals surface area contributed by atoms with Gasteiger partial charge in [-0.2, -0.15) is 0 Å². The van der Waals surface area contributed by atoms with Gasteiger partial charge in [-0.25, -0.2) is 4.79 Å². The van der Waals surface area contributed by atoms with Gasteiger partial charge in [-0.3, -0.25) is 9.36 Å². The Kier molecular flexibility index (Phi) is 6.85. The Morgan fingerprint density at radius 1 is 1.07 bits per heavy atom. The SMILES string of the molecule is CCOC(=O)[C@@H]1CCCCN1C(=O)CSc1nnc(N2CCC(C)CC2)n1C1CC1. The molecule has 0 radical (unpaired) electrons. The first-order chi connectivity index (χ1) is 14.6. The van der Waals surface area contributed by atoms with Gasteiger partial charge in [-0.1, -0.05) is 18.7 Å². The van der Waals surface area contributed by atoms with Crippen LogP contribution in [0.25, 0.3) is 0 Å². The molecule has 3 aliphatic rings. The summed E-state index contributed by atoms with van der Waals surface area (Å²) >= 11 is 1.45. The lowest BCUT2D eigenvalue weighted by atomic mass is 10.00. The Hall–Kier alpha value is -1.77. The van der Waals surface area contributed by atoms with Crippen molar-refractivity contribution >= 4 is 29.6 Å². The maximum atomic E-state index is 13.0. The maximum absolute atomic E-state index is 13.0. The number of ether oxygens (including phenoxy) is 1. The summed E-state index contributed by atoms with van der Waals surface area (Å²) in [5.74, 6) is 1.70. The summed E-state index contributed by atoms with van der Waals surface area (Å²) in [5.41, 5.74) is 0. The molecule has 0 unspecified atom stereocenters. The lowest BCUT2D eigenvalue weighted by Gasteiger charge is -2.34. The molecular formula is C21H33N5O3S. The van der Waals surface area contributed by atoms with E-state index in [4.69, 9.17) is 4.74 Å². The molecule has 1 saturated carbocycles. The zero-order valence-electron chi connectivity index (χ0n) is 18.1. The van der Waals surface area contributed by atoms with E-state index in [0.717, 1.165) is 55.8 Å². The highest BCUT2D eigenvalue weighted by molar-refractivity contribution is 7.99. The number of aromatic nitrogens is 3. The zero-order valence-corrected chi connectivity index (χ0v) is 18.9. The van der Waals surface area contributed by atoms with Gasteiger partial charge in [0, 0.05) is 25.7 Å². The first kappa shape index (κ1) is 21.5. The van der Waals surface area contributed by atoms with Crippen LogP contribution >= 0.6 is 11.8 Å². The third-order valence-corrected chi connectivity index (χ3v) is 7.26. The van der Waals surface area contributed by atoms with E-state index in [9.17, 15) is 9.59 Å². The van der Waals surface area contributed by atoms with Crippen LogP contribution in [0.4, 0.5) is 5.95 Å². The van der Waals surface area contributed by atoms with Crippen LogP contribution in [-0.2, 0) is 14.3 Å². The largest absolute Gasteiger partial charge is 0.464 e. The van der Waals surface area contributed by atoms with Crippen LogP contribution in [0.2, 0.25) is 0 Å². The number of amides is 1. The van der Waals surface area contributed by atoms with Crippen LogP contribution in [0.3, 0.4) is 0 Å². The lowest BCUT2D eigenvalue weighted by molar-refractivity contribution is -0.155. The molecule has 4 rings (SSSR count). The minimum Gasteiger partial charge on any atom is -0.464 e. The molecule has 30 heavy (non-hydrogen) atoms. The van der Waals surface area contributed by atoms with E-state index in [1.807, 2.05) is 0 Å². The van der Waals surface area contributed by atoms with Crippen LogP contribution in [-0.4, -0.2) is 69.6 Å². The van der Waals surface area contributed by atoms with Crippen molar-refractivity contribution in [2.75, 3.05) is 36.9 Å². The van der Waals surface area contributed by atoms with E-state index in [1.165, 1.54) is 24.6 Å². The molecule has 1 amide bonds. The number of anilines is 1. The smallest absolute Gasteiger partial charge is 0.328 e. The average molecular weight is 436 g/mol. The van der Waals surface area contributed by atoms with Gasteiger partial charge in [0.05, 0.1) is 12.4 Å². The first-order valence-electron chi connectivity index (χ1n) is 11.4. The fourth-order valence-electron chi connectivity index (χ4n) is 4.37. The minimum atomic E-state index is -0.445. The Morgan fingerprint density at radius 3 is 2.53 bits per heavy atom. The van der Waals surface area contributed by atoms with Gasteiger partial charge in [-0.05, 0) is 57.8 Å². The van der Waals surface area contributed by atoms with Crippen LogP contribution < -0.4 is 4.90 Å². The molecule has 1 aromatic heterocycles. The summed E-state index contributed by atoms with van der Waals surface area (Å²) in [6.07, 6.45) is 7.23. The highest BCUT2D eigenvalue weighted by atomic mass is 32.2. The third-order valence-electron chi connectivity index (χ3n) is 6.33. The van der Waals surface area contributed by atoms with E-state index >= 15 is 0 Å². The quantitative estimate of drug-likeness (QED) is 0.481. The van der Waals surface area contributed by atoms with E-state index in [2.05, 4.69) is 26.6 Å². The van der Waals surface area contributed by atoms with Gasteiger partial charge >= 0.3 is 5.97 Å². The maximum Gasteiger partial charge on any atom is 0.328 e. The highest BCUT2D eigenvalue weighted by Gasteiger charge is 2.35. The molecule has 1 aromatic rings. The highest BCUT2D eigenvalue weighted by Crippen LogP contribution is 2.41. The molecule has 0 N–H and O–H groups in total. The number of nitrogens with zero attached hydrogens (tertiary/aromatic N) is 5. The minimum absolute atomic E-state index is 0.0172. The summed E-state index contributed by atoms with van der Waals surface area (Å²) < 4.78 is 7.43. The van der Waals surface area contributed by atoms with Gasteiger partial charge in [-0.15, -0.1) is 10.2 Å². The Labute approximate surface area is 182 Å². The number of esters is 1. The van der Waals surface area contributed by atoms with Gasteiger partial charge in [0.25, 0.3) is 0 Å². The molecule has 1 aliphatic carbocycles. The molecule has 2 saturated heterocycles. The van der Waals surface area contributed by atoms with Crippen molar-refractivity contribution in [1.82, 2.24) is 19.7 Å². The van der Waals surface area contributed by atoms with Gasteiger partial charge < -0.3 is 14.5 Å². The molecule has 8 nitrogen and oxygen atoms in total. The molecule has 1 atom stereocenters. The summed E-state index contributed by atoms with van der Waals surface area (Å²) in [6.45, 7) is 7.10. The molecule has 9 heteroatoms. The van der Waals surface area contributed by atoms with Crippen molar-refractivity contribution in [2.45, 2.75) is 76.0 Å². The van der Waals surface area contributed by atoms with Crippen molar-refractivity contribution in [3.8, 4) is 0 Å². The van der Waals surface area contributed by atoms with Crippen molar-refractivity contribution in [1.29, 1.82) is 0 Å². The fourth-order valence-corrected chi connectivity index (χ4v) is 5.25. The molecule has 3 fully saturated rings. The number of thioether (sulfide) groups is 1. The van der Waals surface area contributed by atoms with E-state index in [-0.39, 0.29) is 17.6 Å². The van der Waals surface area contributed by atoms with Crippen molar-refractivity contribution in [3.63, 3.8) is 0 Å². The molecule has 0 spiro atoms. The Balaban J connectivity index is 1.42. The monoisotopic (exact) mass is 435 g/mol. The zero-order chi connectivity index (χ0) is 21.1. The second-order valence-electron chi connectivity index (χ2n) is 8.69. The number of carbonyl (C=O) groups excluding carboxylic acids is 2. The summed E-state index contributed by atoms with van der Waals surface area (Å²) in [5, 5.41) is 9.77. The predicted molar refractivity (Wildman–Crippen MR) is 116 cm³/mol. The molecule has 0 bridgehead atoms. The van der Waals surface area contributed by atoms with Crippen molar-refractivity contribution in [2.24, 2.45) is 5.92 Å². The van der Waals surface area contributed by atoms with E-state index in [1.54, 1.807) is 11.8 Å². The van der Waals surface area contributed by atoms with E-state index < -0.39 is 6.04 Å². The normalized spacial score (nSPS) is 22.9. The first-order valence-corrected chi connectivity index (χ1v) is 12.4. The Bertz CT molecular complexity index is 758. The van der Waals surface area contributed by atoms with Crippen LogP contribution in [0.15, 0.2) is 5.16 Å². The van der Waals surface area contributed by atoms with Gasteiger partial charge in [0.15, 0.2) is 5.16 Å². The van der Waals surface area contributed by atoms with Crippen LogP contribution in [0.1, 0.15) is 64.8 Å². The summed E-state index contributed by atoms with van der Waals surface area (Å²) in [6, 6.07) is 0.00761. The molecular weight excluding hydrogens is 402 g/mol. The van der Waals surface area contributed by atoms with E-state index in [0.29, 0.717) is 25.6 Å². The molecule has 2 aliphatic heterocycles. The second-order valence-corrected chi connectivity index (χ2v) is 9.64. The van der Waals surface area contributed by atoms with Gasteiger partial charge in [0.2, 0.25) is 11.9 Å². The number of hydrogen-bond acceptors (Lipinski definition) is 7. The molecule has 0 aromatic carbocycles. The Morgan fingerprint density at radius 2 is 1.83 bits per heavy atom. The summed E-state index contributed by atoms with van der Waals surface area (Å²) in [4.78, 5) is 29.3. The number of hydrogen-bond donors (Lipinski definition) is 0. The predicted octanol–water partition coefficient (Wildman–Crippen LogP) is 2.89. The topological polar surface area (TPSA) is 80.6 Å². The number of piperidine rings is 2. The number of rotatable bonds is 7. The fraction of sp³-hybridized carbons (Fsp3) is 0.810. The van der Waals surface area contributed by atoms with Crippen molar-refractivity contribution in [3.05, 3.63) is 0 Å². The molecule has 166 valence electrons. The number of likely N-dealkylation sites (tertiary alicyclic amines) is 1. The number of carbonyl (C=O) groups is 2. The lowest BCUT2D eigenvalue weighted by Crippen LogP contribution is -2.49. The third kappa shape index (κ3) is 4.76. The summed E-state index contributed by atoms with van der Waals surface area (Å²) in [7, 11) is 0. The van der Waals surface area contributed by atoms with Crippen LogP contribution in [0.5, 0.6) is 0 Å².